The number of ether oxygens (including phenoxy) is 1. The molecule has 134 valence electrons. The Morgan fingerprint density at radius 2 is 1.96 bits per heavy atom. The lowest BCUT2D eigenvalue weighted by atomic mass is 9.92. The molecule has 1 N–H and O–H groups in total. The molecule has 1 fully saturated rings. The van der Waals surface area contributed by atoms with Gasteiger partial charge in [0.15, 0.2) is 0 Å². The van der Waals surface area contributed by atoms with E-state index in [-0.39, 0.29) is 18.2 Å². The first-order valence-electron chi connectivity index (χ1n) is 8.78. The van der Waals surface area contributed by atoms with Gasteiger partial charge in [0.05, 0.1) is 6.04 Å². The molecule has 2 aromatic rings. The number of hydrogen-bond acceptors (Lipinski definition) is 4. The SMILES string of the molecule is CN(CCn1cnnc1)C(=O)N[C@@H]1CCCC[C@@H]1Oc1ccccc1. The van der Waals surface area contributed by atoms with Gasteiger partial charge in [-0.2, -0.15) is 0 Å². The van der Waals surface area contributed by atoms with E-state index in [4.69, 9.17) is 4.74 Å². The van der Waals surface area contributed by atoms with Crippen LogP contribution in [0.3, 0.4) is 0 Å². The van der Waals surface area contributed by atoms with E-state index in [9.17, 15) is 4.79 Å². The highest BCUT2D eigenvalue weighted by atomic mass is 16.5. The molecule has 2 amide bonds. The van der Waals surface area contributed by atoms with Crippen molar-refractivity contribution < 1.29 is 9.53 Å². The van der Waals surface area contributed by atoms with Crippen LogP contribution in [0.5, 0.6) is 5.75 Å². The van der Waals surface area contributed by atoms with Crippen molar-refractivity contribution in [2.45, 2.75) is 44.4 Å². The van der Waals surface area contributed by atoms with Gasteiger partial charge in [0.1, 0.15) is 24.5 Å². The largest absolute Gasteiger partial charge is 0.488 e. The molecule has 3 rings (SSSR count). The molecule has 7 nitrogen and oxygen atoms in total. The van der Waals surface area contributed by atoms with Crippen LogP contribution in [0.1, 0.15) is 25.7 Å². The second-order valence-electron chi connectivity index (χ2n) is 6.43. The number of carbonyl (C=O) groups excluding carboxylic acids is 1. The molecule has 0 spiro atoms. The molecule has 1 heterocycles. The van der Waals surface area contributed by atoms with Crippen molar-refractivity contribution in [3.05, 3.63) is 43.0 Å². The van der Waals surface area contributed by atoms with Crippen molar-refractivity contribution in [3.8, 4) is 5.75 Å². The zero-order valence-electron chi connectivity index (χ0n) is 14.5. The zero-order chi connectivity index (χ0) is 17.5. The number of urea groups is 1. The fourth-order valence-electron chi connectivity index (χ4n) is 3.05. The monoisotopic (exact) mass is 343 g/mol. The Bertz CT molecular complexity index is 647. The van der Waals surface area contributed by atoms with Crippen LogP contribution in [0.25, 0.3) is 0 Å². The maximum absolute atomic E-state index is 12.5. The van der Waals surface area contributed by atoms with Gasteiger partial charge >= 0.3 is 6.03 Å². The Morgan fingerprint density at radius 1 is 1.24 bits per heavy atom. The Labute approximate surface area is 148 Å². The van der Waals surface area contributed by atoms with Gasteiger partial charge in [-0.25, -0.2) is 4.79 Å². The molecule has 1 aromatic heterocycles. The number of benzene rings is 1. The number of rotatable bonds is 6. The van der Waals surface area contributed by atoms with Gasteiger partial charge in [-0.15, -0.1) is 10.2 Å². The Balaban J connectivity index is 1.52. The van der Waals surface area contributed by atoms with Crippen molar-refractivity contribution in [2.24, 2.45) is 0 Å². The van der Waals surface area contributed by atoms with Crippen molar-refractivity contribution in [2.75, 3.05) is 13.6 Å². The first kappa shape index (κ1) is 17.3. The van der Waals surface area contributed by atoms with Crippen LogP contribution >= 0.6 is 0 Å². The first-order valence-corrected chi connectivity index (χ1v) is 8.78. The molecule has 1 aliphatic rings. The number of nitrogens with one attached hydrogen (secondary N) is 1. The maximum atomic E-state index is 12.5. The van der Waals surface area contributed by atoms with Crippen molar-refractivity contribution in [3.63, 3.8) is 0 Å². The molecule has 0 unspecified atom stereocenters. The third kappa shape index (κ3) is 4.95. The first-order chi connectivity index (χ1) is 12.2. The third-order valence-electron chi connectivity index (χ3n) is 4.55. The van der Waals surface area contributed by atoms with Gasteiger partial charge in [-0.1, -0.05) is 24.6 Å². The van der Waals surface area contributed by atoms with Crippen LogP contribution in [0.15, 0.2) is 43.0 Å². The fraction of sp³-hybridized carbons (Fsp3) is 0.500. The van der Waals surface area contributed by atoms with Gasteiger partial charge in [0, 0.05) is 20.1 Å². The van der Waals surface area contributed by atoms with E-state index < -0.39 is 0 Å². The molecule has 25 heavy (non-hydrogen) atoms. The number of nitrogens with zero attached hydrogens (tertiary/aromatic N) is 4. The van der Waals surface area contributed by atoms with Gasteiger partial charge in [0.2, 0.25) is 0 Å². The topological polar surface area (TPSA) is 72.3 Å². The summed E-state index contributed by atoms with van der Waals surface area (Å²) in [4.78, 5) is 14.2. The minimum atomic E-state index is -0.0679. The summed E-state index contributed by atoms with van der Waals surface area (Å²) in [5.74, 6) is 0.856. The summed E-state index contributed by atoms with van der Waals surface area (Å²) in [6.07, 6.45) is 7.48. The average Bonchev–Trinajstić information content (AvgIpc) is 3.16. The Kier molecular flexibility index (Phi) is 5.87. The van der Waals surface area contributed by atoms with Crippen LogP contribution in [-0.4, -0.2) is 51.4 Å². The smallest absolute Gasteiger partial charge is 0.317 e. The quantitative estimate of drug-likeness (QED) is 0.874. The minimum absolute atomic E-state index is 0.0198. The van der Waals surface area contributed by atoms with Crippen LogP contribution in [-0.2, 0) is 6.54 Å². The lowest BCUT2D eigenvalue weighted by Gasteiger charge is -2.33. The third-order valence-corrected chi connectivity index (χ3v) is 4.55. The average molecular weight is 343 g/mol. The molecule has 7 heteroatoms. The zero-order valence-corrected chi connectivity index (χ0v) is 14.5. The summed E-state index contributed by atoms with van der Waals surface area (Å²) < 4.78 is 7.97. The van der Waals surface area contributed by atoms with E-state index >= 15 is 0 Å². The Morgan fingerprint density at radius 3 is 2.72 bits per heavy atom. The highest BCUT2D eigenvalue weighted by Gasteiger charge is 2.29. The highest BCUT2D eigenvalue weighted by molar-refractivity contribution is 5.74. The van der Waals surface area contributed by atoms with E-state index in [1.165, 1.54) is 0 Å². The normalized spacial score (nSPS) is 20.0. The molecule has 1 saturated carbocycles. The second-order valence-corrected chi connectivity index (χ2v) is 6.43. The van der Waals surface area contributed by atoms with Gasteiger partial charge < -0.3 is 19.5 Å². The van der Waals surface area contributed by atoms with E-state index in [1.807, 2.05) is 34.9 Å². The summed E-state index contributed by atoms with van der Waals surface area (Å²) in [6, 6.07) is 9.78. The fourth-order valence-corrected chi connectivity index (χ4v) is 3.05. The number of hydrogen-bond donors (Lipinski definition) is 1. The number of aromatic nitrogens is 3. The predicted octanol–water partition coefficient (Wildman–Crippen LogP) is 2.31. The standard InChI is InChI=1S/C18H25N5O2/c1-22(11-12-23-13-19-20-14-23)18(24)21-16-9-5-6-10-17(16)25-15-7-3-2-4-8-15/h2-4,7-8,13-14,16-17H,5-6,9-12H2,1H3,(H,21,24)/t16-,17+/m1/s1. The van der Waals surface area contributed by atoms with Crippen molar-refractivity contribution in [1.29, 1.82) is 0 Å². The van der Waals surface area contributed by atoms with Gasteiger partial charge in [-0.3, -0.25) is 0 Å². The van der Waals surface area contributed by atoms with Crippen molar-refractivity contribution >= 4 is 6.03 Å². The lowest BCUT2D eigenvalue weighted by molar-refractivity contribution is 0.112. The second kappa shape index (κ2) is 8.50. The molecule has 1 aromatic carbocycles. The van der Waals surface area contributed by atoms with Crippen LogP contribution < -0.4 is 10.1 Å². The van der Waals surface area contributed by atoms with Crippen LogP contribution in [0.4, 0.5) is 4.79 Å². The molecule has 0 radical (unpaired) electrons. The highest BCUT2D eigenvalue weighted by Crippen LogP contribution is 2.24. The summed E-state index contributed by atoms with van der Waals surface area (Å²) in [5, 5.41) is 10.7. The van der Waals surface area contributed by atoms with Gasteiger partial charge in [-0.05, 0) is 31.4 Å². The van der Waals surface area contributed by atoms with Crippen LogP contribution in [0.2, 0.25) is 0 Å². The van der Waals surface area contributed by atoms with Crippen LogP contribution in [0, 0.1) is 0 Å². The maximum Gasteiger partial charge on any atom is 0.317 e. The van der Waals surface area contributed by atoms with E-state index in [2.05, 4.69) is 15.5 Å². The van der Waals surface area contributed by atoms with E-state index in [0.717, 1.165) is 31.4 Å². The predicted molar refractivity (Wildman–Crippen MR) is 94.3 cm³/mol. The molecule has 2 atom stereocenters. The lowest BCUT2D eigenvalue weighted by Crippen LogP contribution is -2.51. The van der Waals surface area contributed by atoms with E-state index in [0.29, 0.717) is 13.1 Å². The number of amides is 2. The number of likely N-dealkylation sites (N-methyl/N-ethyl adjacent to an activating group) is 1. The molecule has 0 saturated heterocycles. The van der Waals surface area contributed by atoms with Crippen molar-refractivity contribution in [1.82, 2.24) is 25.0 Å². The summed E-state index contributed by atoms with van der Waals surface area (Å²) >= 11 is 0. The molecule has 1 aliphatic carbocycles. The minimum Gasteiger partial charge on any atom is -0.488 e. The van der Waals surface area contributed by atoms with Gasteiger partial charge in [0.25, 0.3) is 0 Å². The number of carbonyl (C=O) groups is 1. The molecular weight excluding hydrogens is 318 g/mol. The summed E-state index contributed by atoms with van der Waals surface area (Å²) in [5.41, 5.74) is 0. The summed E-state index contributed by atoms with van der Waals surface area (Å²) in [6.45, 7) is 1.27. The molecule has 0 bridgehead atoms. The molecule has 0 aliphatic heterocycles. The number of para-hydroxylation sites is 1. The van der Waals surface area contributed by atoms with E-state index in [1.54, 1.807) is 24.6 Å². The molecular formula is C18H25N5O2. The summed E-state index contributed by atoms with van der Waals surface area (Å²) in [7, 11) is 1.80. The Hall–Kier alpha value is -2.57.